The Labute approximate surface area is 147 Å². The van der Waals surface area contributed by atoms with E-state index < -0.39 is 0 Å². The SMILES string of the molecule is CCC=C(CNC)N1CCC(N2CCC(c3ccccc3)CC2)C1. The van der Waals surface area contributed by atoms with Gasteiger partial charge in [0.1, 0.15) is 0 Å². The van der Waals surface area contributed by atoms with Gasteiger partial charge in [0.15, 0.2) is 0 Å². The van der Waals surface area contributed by atoms with E-state index in [1.165, 1.54) is 56.7 Å². The van der Waals surface area contributed by atoms with Crippen LogP contribution in [0.5, 0.6) is 0 Å². The summed E-state index contributed by atoms with van der Waals surface area (Å²) in [6.45, 7) is 8.18. The van der Waals surface area contributed by atoms with E-state index in [9.17, 15) is 0 Å². The summed E-state index contributed by atoms with van der Waals surface area (Å²) in [7, 11) is 2.05. The molecule has 132 valence electrons. The number of nitrogens with one attached hydrogen (secondary N) is 1. The summed E-state index contributed by atoms with van der Waals surface area (Å²) in [6, 6.07) is 11.8. The van der Waals surface area contributed by atoms with Crippen LogP contribution in [0.4, 0.5) is 0 Å². The number of hydrogen-bond donors (Lipinski definition) is 1. The van der Waals surface area contributed by atoms with E-state index in [0.717, 1.165) is 24.9 Å². The van der Waals surface area contributed by atoms with E-state index in [4.69, 9.17) is 0 Å². The van der Waals surface area contributed by atoms with E-state index in [0.29, 0.717) is 0 Å². The predicted molar refractivity (Wildman–Crippen MR) is 102 cm³/mol. The number of nitrogens with zero attached hydrogens (tertiary/aromatic N) is 2. The lowest BCUT2D eigenvalue weighted by Gasteiger charge is -2.36. The van der Waals surface area contributed by atoms with Crippen molar-refractivity contribution in [1.82, 2.24) is 15.1 Å². The molecule has 0 aliphatic carbocycles. The lowest BCUT2D eigenvalue weighted by atomic mass is 9.89. The molecule has 0 radical (unpaired) electrons. The van der Waals surface area contributed by atoms with Gasteiger partial charge in [0.05, 0.1) is 0 Å². The van der Waals surface area contributed by atoms with Crippen LogP contribution in [0.2, 0.25) is 0 Å². The van der Waals surface area contributed by atoms with Gasteiger partial charge in [-0.3, -0.25) is 4.90 Å². The molecule has 0 amide bonds. The van der Waals surface area contributed by atoms with Crippen LogP contribution in [-0.4, -0.2) is 55.6 Å². The molecular weight excluding hydrogens is 294 g/mol. The minimum absolute atomic E-state index is 0.749. The highest BCUT2D eigenvalue weighted by Gasteiger charge is 2.31. The number of allylic oxidation sites excluding steroid dienone is 1. The topological polar surface area (TPSA) is 18.5 Å². The molecule has 1 aromatic rings. The molecule has 2 saturated heterocycles. The number of likely N-dealkylation sites (tertiary alicyclic amines) is 2. The predicted octanol–water partition coefficient (Wildman–Crippen LogP) is 3.45. The second kappa shape index (κ2) is 8.68. The Balaban J connectivity index is 1.52. The summed E-state index contributed by atoms with van der Waals surface area (Å²) in [4.78, 5) is 5.36. The zero-order valence-corrected chi connectivity index (χ0v) is 15.4. The summed E-state index contributed by atoms with van der Waals surface area (Å²) in [6.07, 6.45) is 7.46. The van der Waals surface area contributed by atoms with Crippen molar-refractivity contribution in [2.45, 2.75) is 44.6 Å². The monoisotopic (exact) mass is 327 g/mol. The Morgan fingerprint density at radius 2 is 1.88 bits per heavy atom. The van der Waals surface area contributed by atoms with Crippen LogP contribution in [-0.2, 0) is 0 Å². The largest absolute Gasteiger partial charge is 0.372 e. The van der Waals surface area contributed by atoms with Gasteiger partial charge in [-0.15, -0.1) is 0 Å². The maximum atomic E-state index is 3.32. The van der Waals surface area contributed by atoms with Gasteiger partial charge in [0.2, 0.25) is 0 Å². The molecule has 0 saturated carbocycles. The Hall–Kier alpha value is -1.32. The molecule has 0 spiro atoms. The molecule has 2 aliphatic rings. The highest BCUT2D eigenvalue weighted by Crippen LogP contribution is 2.30. The van der Waals surface area contributed by atoms with Gasteiger partial charge in [-0.05, 0) is 57.3 Å². The van der Waals surface area contributed by atoms with Crippen molar-refractivity contribution in [2.75, 3.05) is 39.8 Å². The summed E-state index contributed by atoms with van der Waals surface area (Å²) in [5.74, 6) is 0.764. The van der Waals surface area contributed by atoms with Crippen LogP contribution in [0.25, 0.3) is 0 Å². The summed E-state index contributed by atoms with van der Waals surface area (Å²) < 4.78 is 0. The van der Waals surface area contributed by atoms with Crippen molar-refractivity contribution < 1.29 is 0 Å². The Kier molecular flexibility index (Phi) is 6.33. The average molecular weight is 328 g/mol. The average Bonchev–Trinajstić information content (AvgIpc) is 3.12. The Morgan fingerprint density at radius 1 is 1.12 bits per heavy atom. The lowest BCUT2D eigenvalue weighted by molar-refractivity contribution is 0.155. The van der Waals surface area contributed by atoms with E-state index in [1.807, 2.05) is 7.05 Å². The Bertz CT molecular complexity index is 517. The molecule has 2 aliphatic heterocycles. The molecular formula is C21H33N3. The van der Waals surface area contributed by atoms with Crippen molar-refractivity contribution >= 4 is 0 Å². The van der Waals surface area contributed by atoms with Crippen molar-refractivity contribution in [3.05, 3.63) is 47.7 Å². The molecule has 3 nitrogen and oxygen atoms in total. The third kappa shape index (κ3) is 4.20. The molecule has 2 heterocycles. The van der Waals surface area contributed by atoms with Gasteiger partial charge < -0.3 is 10.2 Å². The first-order valence-corrected chi connectivity index (χ1v) is 9.69. The third-order valence-corrected chi connectivity index (χ3v) is 5.68. The minimum Gasteiger partial charge on any atom is -0.372 e. The molecule has 3 rings (SSSR count). The maximum absolute atomic E-state index is 3.32. The van der Waals surface area contributed by atoms with Gasteiger partial charge in [-0.1, -0.05) is 43.3 Å². The fraction of sp³-hybridized carbons (Fsp3) is 0.619. The van der Waals surface area contributed by atoms with E-state index in [1.54, 1.807) is 0 Å². The lowest BCUT2D eigenvalue weighted by Crippen LogP contribution is -2.42. The van der Waals surface area contributed by atoms with E-state index in [2.05, 4.69) is 58.4 Å². The van der Waals surface area contributed by atoms with Crippen molar-refractivity contribution in [3.8, 4) is 0 Å². The van der Waals surface area contributed by atoms with Crippen molar-refractivity contribution in [1.29, 1.82) is 0 Å². The van der Waals surface area contributed by atoms with Crippen LogP contribution in [0.1, 0.15) is 44.1 Å². The standard InChI is InChI=1S/C21H33N3/c1-3-7-20(16-22-2)24-15-12-21(17-24)23-13-10-19(11-14-23)18-8-5-4-6-9-18/h4-9,19,21-22H,3,10-17H2,1-2H3. The van der Waals surface area contributed by atoms with Gasteiger partial charge in [0.25, 0.3) is 0 Å². The summed E-state index contributed by atoms with van der Waals surface area (Å²) in [5.41, 5.74) is 3.02. The first-order chi connectivity index (χ1) is 11.8. The van der Waals surface area contributed by atoms with Crippen LogP contribution >= 0.6 is 0 Å². The number of hydrogen-bond acceptors (Lipinski definition) is 3. The fourth-order valence-electron chi connectivity index (χ4n) is 4.35. The van der Waals surface area contributed by atoms with Crippen molar-refractivity contribution in [2.24, 2.45) is 0 Å². The molecule has 0 bridgehead atoms. The maximum Gasteiger partial charge on any atom is 0.0350 e. The Morgan fingerprint density at radius 3 is 2.54 bits per heavy atom. The van der Waals surface area contributed by atoms with Crippen LogP contribution in [0.3, 0.4) is 0 Å². The number of piperidine rings is 1. The smallest absolute Gasteiger partial charge is 0.0350 e. The first kappa shape index (κ1) is 17.5. The van der Waals surface area contributed by atoms with Gasteiger partial charge in [-0.25, -0.2) is 0 Å². The molecule has 2 fully saturated rings. The third-order valence-electron chi connectivity index (χ3n) is 5.68. The zero-order valence-electron chi connectivity index (χ0n) is 15.4. The fourth-order valence-corrected chi connectivity index (χ4v) is 4.35. The molecule has 1 atom stereocenters. The molecule has 3 heteroatoms. The second-order valence-corrected chi connectivity index (χ2v) is 7.24. The first-order valence-electron chi connectivity index (χ1n) is 9.69. The van der Waals surface area contributed by atoms with Gasteiger partial charge in [-0.2, -0.15) is 0 Å². The normalized spacial score (nSPS) is 23.8. The summed E-state index contributed by atoms with van der Waals surface area (Å²) >= 11 is 0. The molecule has 24 heavy (non-hydrogen) atoms. The van der Waals surface area contributed by atoms with Crippen molar-refractivity contribution in [3.63, 3.8) is 0 Å². The quantitative estimate of drug-likeness (QED) is 0.863. The summed E-state index contributed by atoms with van der Waals surface area (Å²) in [5, 5.41) is 3.32. The number of likely N-dealkylation sites (N-methyl/N-ethyl adjacent to an activating group) is 1. The van der Waals surface area contributed by atoms with E-state index >= 15 is 0 Å². The highest BCUT2D eigenvalue weighted by molar-refractivity contribution is 5.20. The van der Waals surface area contributed by atoms with Crippen LogP contribution in [0, 0.1) is 0 Å². The molecule has 1 N–H and O–H groups in total. The zero-order chi connectivity index (χ0) is 16.8. The van der Waals surface area contributed by atoms with E-state index in [-0.39, 0.29) is 0 Å². The van der Waals surface area contributed by atoms with Gasteiger partial charge in [0, 0.05) is 31.4 Å². The number of benzene rings is 1. The highest BCUT2D eigenvalue weighted by atomic mass is 15.3. The molecule has 0 aromatic heterocycles. The van der Waals surface area contributed by atoms with Crippen LogP contribution < -0.4 is 5.32 Å². The minimum atomic E-state index is 0.749. The number of rotatable bonds is 6. The molecule has 1 aromatic carbocycles. The molecule has 1 unspecified atom stereocenters. The van der Waals surface area contributed by atoms with Crippen LogP contribution in [0.15, 0.2) is 42.1 Å². The van der Waals surface area contributed by atoms with Gasteiger partial charge >= 0.3 is 0 Å². The second-order valence-electron chi connectivity index (χ2n) is 7.24.